The van der Waals surface area contributed by atoms with Crippen LogP contribution in [0.25, 0.3) is 0 Å². The molecule has 0 spiro atoms. The lowest BCUT2D eigenvalue weighted by Gasteiger charge is -2.25. The van der Waals surface area contributed by atoms with Crippen LogP contribution >= 0.6 is 0 Å². The Kier molecular flexibility index (Phi) is 5.21. The zero-order chi connectivity index (χ0) is 16.1. The van der Waals surface area contributed by atoms with Crippen LogP contribution in [-0.4, -0.2) is 26.2 Å². The van der Waals surface area contributed by atoms with Gasteiger partial charge in [-0.2, -0.15) is 0 Å². The molecule has 0 saturated carbocycles. The molecule has 0 radical (unpaired) electrons. The second-order valence-electron chi connectivity index (χ2n) is 6.33. The number of methoxy groups -OCH3 is 1. The van der Waals surface area contributed by atoms with Crippen molar-refractivity contribution in [1.29, 1.82) is 0 Å². The molecule has 1 aliphatic heterocycles. The fourth-order valence-electron chi connectivity index (χ4n) is 3.29. The predicted molar refractivity (Wildman–Crippen MR) is 89.9 cm³/mol. The van der Waals surface area contributed by atoms with Crippen molar-refractivity contribution in [3.05, 3.63) is 35.4 Å². The number of ether oxygens (including phenoxy) is 2. The third kappa shape index (κ3) is 4.06. The highest BCUT2D eigenvalue weighted by molar-refractivity contribution is 5.79. The zero-order valence-electron chi connectivity index (χ0n) is 13.8. The zero-order valence-corrected chi connectivity index (χ0v) is 13.8. The van der Waals surface area contributed by atoms with Crippen molar-refractivity contribution in [2.75, 3.05) is 20.3 Å². The van der Waals surface area contributed by atoms with Gasteiger partial charge in [0, 0.05) is 6.54 Å². The smallest absolute Gasteiger partial charge is 0.226 e. The summed E-state index contributed by atoms with van der Waals surface area (Å²) in [6.45, 7) is 1.18. The third-order valence-corrected chi connectivity index (χ3v) is 4.68. The second kappa shape index (κ2) is 7.53. The van der Waals surface area contributed by atoms with Crippen molar-refractivity contribution in [3.8, 4) is 11.5 Å². The van der Waals surface area contributed by atoms with Crippen molar-refractivity contribution in [2.24, 2.45) is 5.92 Å². The summed E-state index contributed by atoms with van der Waals surface area (Å²) < 4.78 is 11.0. The van der Waals surface area contributed by atoms with Crippen LogP contribution in [-0.2, 0) is 11.2 Å². The molecule has 1 aliphatic carbocycles. The first-order valence-electron chi connectivity index (χ1n) is 8.51. The molecular weight excluding hydrogens is 290 g/mol. The van der Waals surface area contributed by atoms with E-state index < -0.39 is 0 Å². The van der Waals surface area contributed by atoms with E-state index >= 15 is 0 Å². The first-order chi connectivity index (χ1) is 11.3. The number of rotatable bonds is 5. The monoisotopic (exact) mass is 315 g/mol. The molecule has 23 heavy (non-hydrogen) atoms. The standard InChI is InChI=1S/C19H25NO3/c1-22-17-7-8-18-15(12-17)11-16(13-23-18)19(21)20-10-9-14-5-3-2-4-6-14/h5,7-8,12,16H,2-4,6,9-11,13H2,1H3,(H,20,21). The lowest BCUT2D eigenvalue weighted by molar-refractivity contribution is -0.126. The lowest BCUT2D eigenvalue weighted by Crippen LogP contribution is -2.37. The minimum Gasteiger partial charge on any atom is -0.497 e. The quantitative estimate of drug-likeness (QED) is 0.849. The van der Waals surface area contributed by atoms with Crippen molar-refractivity contribution in [1.82, 2.24) is 5.32 Å². The number of hydrogen-bond donors (Lipinski definition) is 1. The van der Waals surface area contributed by atoms with Gasteiger partial charge in [0.05, 0.1) is 13.0 Å². The van der Waals surface area contributed by atoms with Crippen molar-refractivity contribution in [2.45, 2.75) is 38.5 Å². The van der Waals surface area contributed by atoms with Gasteiger partial charge in [0.15, 0.2) is 0 Å². The molecule has 2 aliphatic rings. The highest BCUT2D eigenvalue weighted by atomic mass is 16.5. The van der Waals surface area contributed by atoms with E-state index in [1.807, 2.05) is 18.2 Å². The van der Waals surface area contributed by atoms with E-state index in [1.165, 1.54) is 31.3 Å². The SMILES string of the molecule is COc1ccc2c(c1)CC(C(=O)NCCC1=CCCCC1)CO2. The summed E-state index contributed by atoms with van der Waals surface area (Å²) in [6.07, 6.45) is 8.99. The van der Waals surface area contributed by atoms with E-state index in [9.17, 15) is 4.79 Å². The maximum Gasteiger partial charge on any atom is 0.226 e. The van der Waals surface area contributed by atoms with Crippen LogP contribution < -0.4 is 14.8 Å². The van der Waals surface area contributed by atoms with Crippen LogP contribution in [0.4, 0.5) is 0 Å². The number of fused-ring (bicyclic) bond motifs is 1. The van der Waals surface area contributed by atoms with E-state index in [0.29, 0.717) is 13.0 Å². The normalized spacial score (nSPS) is 20.0. The third-order valence-electron chi connectivity index (χ3n) is 4.68. The first kappa shape index (κ1) is 15.9. The number of benzene rings is 1. The maximum absolute atomic E-state index is 12.4. The molecule has 1 unspecified atom stereocenters. The molecule has 0 aromatic heterocycles. The van der Waals surface area contributed by atoms with Gasteiger partial charge >= 0.3 is 0 Å². The number of allylic oxidation sites excluding steroid dienone is 1. The molecule has 4 nitrogen and oxygen atoms in total. The molecule has 0 bridgehead atoms. The minimum atomic E-state index is -0.116. The van der Waals surface area contributed by atoms with Crippen LogP contribution in [0, 0.1) is 5.92 Å². The van der Waals surface area contributed by atoms with Crippen molar-refractivity contribution < 1.29 is 14.3 Å². The van der Waals surface area contributed by atoms with Gasteiger partial charge in [-0.3, -0.25) is 4.79 Å². The fraction of sp³-hybridized carbons (Fsp3) is 0.526. The van der Waals surface area contributed by atoms with Gasteiger partial charge < -0.3 is 14.8 Å². The molecule has 0 saturated heterocycles. The maximum atomic E-state index is 12.4. The molecule has 0 fully saturated rings. The largest absolute Gasteiger partial charge is 0.497 e. The van der Waals surface area contributed by atoms with Crippen molar-refractivity contribution >= 4 is 5.91 Å². The summed E-state index contributed by atoms with van der Waals surface area (Å²) in [5, 5.41) is 3.07. The molecule has 124 valence electrons. The Balaban J connectivity index is 1.51. The predicted octanol–water partition coefficient (Wildman–Crippen LogP) is 3.25. The Labute approximate surface area is 137 Å². The van der Waals surface area contributed by atoms with Crippen LogP contribution in [0.5, 0.6) is 11.5 Å². The molecule has 3 rings (SSSR count). The Morgan fingerprint density at radius 3 is 3.09 bits per heavy atom. The number of carbonyl (C=O) groups is 1. The summed E-state index contributed by atoms with van der Waals surface area (Å²) in [4.78, 5) is 12.4. The topological polar surface area (TPSA) is 47.6 Å². The van der Waals surface area contributed by atoms with E-state index in [2.05, 4.69) is 11.4 Å². The van der Waals surface area contributed by atoms with Crippen LogP contribution in [0.3, 0.4) is 0 Å². The van der Waals surface area contributed by atoms with Crippen molar-refractivity contribution in [3.63, 3.8) is 0 Å². The van der Waals surface area contributed by atoms with E-state index in [-0.39, 0.29) is 11.8 Å². The highest BCUT2D eigenvalue weighted by Gasteiger charge is 2.26. The molecular formula is C19H25NO3. The number of hydrogen-bond acceptors (Lipinski definition) is 3. The van der Waals surface area contributed by atoms with Crippen LogP contribution in [0.1, 0.15) is 37.7 Å². The minimum absolute atomic E-state index is 0.0925. The van der Waals surface area contributed by atoms with Gasteiger partial charge in [-0.05, 0) is 62.3 Å². The second-order valence-corrected chi connectivity index (χ2v) is 6.33. The van der Waals surface area contributed by atoms with E-state index in [4.69, 9.17) is 9.47 Å². The van der Waals surface area contributed by atoms with Crippen LogP contribution in [0.15, 0.2) is 29.8 Å². The summed E-state index contributed by atoms with van der Waals surface area (Å²) >= 11 is 0. The molecule has 1 amide bonds. The lowest BCUT2D eigenvalue weighted by atomic mass is 9.95. The van der Waals surface area contributed by atoms with Gasteiger partial charge in [0.2, 0.25) is 5.91 Å². The highest BCUT2D eigenvalue weighted by Crippen LogP contribution is 2.30. The molecule has 1 aromatic rings. The molecule has 1 aromatic carbocycles. The summed E-state index contributed by atoms with van der Waals surface area (Å²) in [6, 6.07) is 5.76. The Morgan fingerprint density at radius 1 is 1.39 bits per heavy atom. The molecule has 4 heteroatoms. The number of amides is 1. The Morgan fingerprint density at radius 2 is 2.30 bits per heavy atom. The van der Waals surface area contributed by atoms with Gasteiger partial charge in [-0.1, -0.05) is 11.6 Å². The molecule has 1 heterocycles. The molecule has 1 atom stereocenters. The van der Waals surface area contributed by atoms with Gasteiger partial charge in [0.25, 0.3) is 0 Å². The summed E-state index contributed by atoms with van der Waals surface area (Å²) in [5.74, 6) is 1.64. The van der Waals surface area contributed by atoms with Crippen LogP contribution in [0.2, 0.25) is 0 Å². The van der Waals surface area contributed by atoms with Gasteiger partial charge in [-0.25, -0.2) is 0 Å². The Bertz CT molecular complexity index is 594. The first-order valence-corrected chi connectivity index (χ1v) is 8.51. The Hall–Kier alpha value is -1.97. The van der Waals surface area contributed by atoms with Gasteiger partial charge in [-0.15, -0.1) is 0 Å². The molecule has 1 N–H and O–H groups in total. The number of carbonyl (C=O) groups excluding carboxylic acids is 1. The average molecular weight is 315 g/mol. The fourth-order valence-corrected chi connectivity index (χ4v) is 3.29. The summed E-state index contributed by atoms with van der Waals surface area (Å²) in [7, 11) is 1.65. The average Bonchev–Trinajstić information content (AvgIpc) is 2.61. The van der Waals surface area contributed by atoms with E-state index in [1.54, 1.807) is 7.11 Å². The van der Waals surface area contributed by atoms with E-state index in [0.717, 1.165) is 30.0 Å². The van der Waals surface area contributed by atoms with Gasteiger partial charge in [0.1, 0.15) is 18.1 Å². The number of nitrogens with one attached hydrogen (secondary N) is 1. The summed E-state index contributed by atoms with van der Waals surface area (Å²) in [5.41, 5.74) is 2.54.